The first kappa shape index (κ1) is 10.3. The van der Waals surface area contributed by atoms with Gasteiger partial charge >= 0.3 is 97.6 Å². The number of hydrogen-bond donors (Lipinski definition) is 0. The summed E-state index contributed by atoms with van der Waals surface area (Å²) >= 11 is 1.55. The first-order chi connectivity index (χ1) is 7.34. The second-order valence-electron chi connectivity index (χ2n) is 3.23. The number of ether oxygens (including phenoxy) is 1. The molecule has 0 aliphatic heterocycles. The summed E-state index contributed by atoms with van der Waals surface area (Å²) in [6, 6.07) is 12.1. The summed E-state index contributed by atoms with van der Waals surface area (Å²) in [7, 11) is 0. The van der Waals surface area contributed by atoms with Gasteiger partial charge in [0.1, 0.15) is 0 Å². The minimum atomic E-state index is 0.596. The number of rotatable bonds is 3. The molecule has 0 aliphatic carbocycles. The van der Waals surface area contributed by atoms with E-state index in [1.807, 2.05) is 42.6 Å². The Morgan fingerprint density at radius 3 is 2.67 bits per heavy atom. The van der Waals surface area contributed by atoms with Crippen LogP contribution in [0.25, 0.3) is 0 Å². The molecule has 1 heterocycles. The Morgan fingerprint density at radius 1 is 1.13 bits per heavy atom. The summed E-state index contributed by atoms with van der Waals surface area (Å²) in [6.07, 6.45) is 3.58. The standard InChI is InChI=1S/C12H12AsNO/c13-11-6-12(8-14-7-11)15-9-10-4-2-1-3-5-10/h1-8H,9,13H2. The average molecular weight is 261 g/mol. The van der Waals surface area contributed by atoms with Gasteiger partial charge in [-0.1, -0.05) is 0 Å². The van der Waals surface area contributed by atoms with Gasteiger partial charge in [0.25, 0.3) is 0 Å². The molecule has 0 fully saturated rings. The van der Waals surface area contributed by atoms with Crippen LogP contribution in [-0.4, -0.2) is 21.8 Å². The van der Waals surface area contributed by atoms with Crippen molar-refractivity contribution in [1.29, 1.82) is 0 Å². The second kappa shape index (κ2) is 4.99. The predicted octanol–water partition coefficient (Wildman–Crippen LogP) is 0.919. The van der Waals surface area contributed by atoms with Crippen LogP contribution in [0.5, 0.6) is 5.75 Å². The zero-order chi connectivity index (χ0) is 10.5. The first-order valence-corrected chi connectivity index (χ1v) is 5.93. The van der Waals surface area contributed by atoms with Crippen molar-refractivity contribution in [1.82, 2.24) is 4.98 Å². The molecule has 2 rings (SSSR count). The van der Waals surface area contributed by atoms with E-state index in [2.05, 4.69) is 4.98 Å². The van der Waals surface area contributed by atoms with Crippen molar-refractivity contribution in [3.05, 3.63) is 54.4 Å². The van der Waals surface area contributed by atoms with Crippen LogP contribution in [0, 0.1) is 0 Å². The molecule has 0 aliphatic rings. The molecule has 1 aromatic carbocycles. The van der Waals surface area contributed by atoms with Crippen LogP contribution in [0.15, 0.2) is 48.8 Å². The molecule has 1 atom stereocenters. The van der Waals surface area contributed by atoms with Crippen LogP contribution >= 0.6 is 0 Å². The van der Waals surface area contributed by atoms with E-state index in [-0.39, 0.29) is 0 Å². The van der Waals surface area contributed by atoms with Gasteiger partial charge in [-0.05, 0) is 0 Å². The third kappa shape index (κ3) is 3.10. The van der Waals surface area contributed by atoms with Crippen molar-refractivity contribution in [2.45, 2.75) is 6.61 Å². The summed E-state index contributed by atoms with van der Waals surface area (Å²) < 4.78 is 6.79. The molecule has 0 spiro atoms. The molecular weight excluding hydrogens is 249 g/mol. The van der Waals surface area contributed by atoms with E-state index in [9.17, 15) is 0 Å². The molecular formula is C12H12AsNO. The zero-order valence-corrected chi connectivity index (χ0v) is 10.7. The van der Waals surface area contributed by atoms with Crippen molar-refractivity contribution in [2.75, 3.05) is 0 Å². The zero-order valence-electron chi connectivity index (χ0n) is 8.26. The number of hydrogen-bond acceptors (Lipinski definition) is 2. The van der Waals surface area contributed by atoms with Gasteiger partial charge in [-0.15, -0.1) is 0 Å². The van der Waals surface area contributed by atoms with Gasteiger partial charge in [-0.2, -0.15) is 0 Å². The van der Waals surface area contributed by atoms with E-state index in [1.165, 1.54) is 9.91 Å². The van der Waals surface area contributed by atoms with E-state index >= 15 is 0 Å². The van der Waals surface area contributed by atoms with E-state index < -0.39 is 0 Å². The minimum absolute atomic E-state index is 0.596. The molecule has 1 aromatic heterocycles. The third-order valence-corrected chi connectivity index (χ3v) is 2.65. The Balaban J connectivity index is 1.99. The summed E-state index contributed by atoms with van der Waals surface area (Å²) in [5.74, 6) is 0.834. The van der Waals surface area contributed by atoms with Crippen LogP contribution in [0.2, 0.25) is 0 Å². The van der Waals surface area contributed by atoms with Gasteiger partial charge in [0.2, 0.25) is 0 Å². The van der Waals surface area contributed by atoms with Crippen molar-refractivity contribution in [3.63, 3.8) is 0 Å². The normalized spacial score (nSPS) is 9.93. The third-order valence-electron chi connectivity index (χ3n) is 1.98. The fraction of sp³-hybridized carbons (Fsp3) is 0.0833. The van der Waals surface area contributed by atoms with Crippen LogP contribution < -0.4 is 9.09 Å². The number of nitrogens with zero attached hydrogens (tertiary/aromatic N) is 1. The van der Waals surface area contributed by atoms with Crippen molar-refractivity contribution in [3.8, 4) is 5.75 Å². The van der Waals surface area contributed by atoms with Crippen LogP contribution in [0.3, 0.4) is 0 Å². The summed E-state index contributed by atoms with van der Waals surface area (Å²) in [4.78, 5) is 4.09. The van der Waals surface area contributed by atoms with E-state index in [0.717, 1.165) is 5.75 Å². The summed E-state index contributed by atoms with van der Waals surface area (Å²) in [6.45, 7) is 0.596. The van der Waals surface area contributed by atoms with Crippen LogP contribution in [0.4, 0.5) is 0 Å². The Hall–Kier alpha value is -1.27. The van der Waals surface area contributed by atoms with Gasteiger partial charge in [0.05, 0.1) is 0 Å². The van der Waals surface area contributed by atoms with Gasteiger partial charge in [-0.3, -0.25) is 0 Å². The SMILES string of the molecule is [AsH2]c1cncc(OCc2ccccc2)c1. The maximum atomic E-state index is 5.62. The molecule has 0 amide bonds. The first-order valence-electron chi connectivity index (χ1n) is 4.72. The molecule has 76 valence electrons. The molecule has 3 heteroatoms. The molecule has 0 radical (unpaired) electrons. The number of pyridine rings is 1. The van der Waals surface area contributed by atoms with Gasteiger partial charge < -0.3 is 0 Å². The molecule has 0 bridgehead atoms. The number of benzene rings is 1. The van der Waals surface area contributed by atoms with Crippen molar-refractivity contribution in [2.24, 2.45) is 0 Å². The van der Waals surface area contributed by atoms with Gasteiger partial charge in [0, 0.05) is 0 Å². The predicted molar refractivity (Wildman–Crippen MR) is 63.2 cm³/mol. The molecule has 2 aromatic rings. The topological polar surface area (TPSA) is 22.1 Å². The average Bonchev–Trinajstić information content (AvgIpc) is 2.28. The Labute approximate surface area is 97.8 Å². The molecule has 0 saturated carbocycles. The van der Waals surface area contributed by atoms with E-state index in [4.69, 9.17) is 4.74 Å². The van der Waals surface area contributed by atoms with E-state index in [1.54, 1.807) is 23.0 Å². The second-order valence-corrected chi connectivity index (χ2v) is 4.63. The molecule has 1 unspecified atom stereocenters. The molecule has 15 heavy (non-hydrogen) atoms. The van der Waals surface area contributed by atoms with Gasteiger partial charge in [-0.25, -0.2) is 0 Å². The molecule has 2 nitrogen and oxygen atoms in total. The quantitative estimate of drug-likeness (QED) is 0.766. The summed E-state index contributed by atoms with van der Waals surface area (Å²) in [5, 5.41) is 0. The fourth-order valence-electron chi connectivity index (χ4n) is 1.26. The summed E-state index contributed by atoms with van der Waals surface area (Å²) in [5.41, 5.74) is 1.17. The van der Waals surface area contributed by atoms with Crippen LogP contribution in [0.1, 0.15) is 5.56 Å². The van der Waals surface area contributed by atoms with Crippen molar-refractivity contribution < 1.29 is 4.74 Å². The van der Waals surface area contributed by atoms with E-state index in [0.29, 0.717) is 6.61 Å². The monoisotopic (exact) mass is 261 g/mol. The fourth-order valence-corrected chi connectivity index (χ4v) is 1.78. The number of aromatic nitrogens is 1. The Kier molecular flexibility index (Phi) is 3.41. The Bertz CT molecular complexity index is 431. The molecule has 0 saturated heterocycles. The van der Waals surface area contributed by atoms with Crippen LogP contribution in [-0.2, 0) is 6.61 Å². The van der Waals surface area contributed by atoms with Crippen molar-refractivity contribution >= 4 is 21.2 Å². The molecule has 0 N–H and O–H groups in total. The van der Waals surface area contributed by atoms with Gasteiger partial charge in [0.15, 0.2) is 0 Å². The Morgan fingerprint density at radius 2 is 1.93 bits per heavy atom. The maximum absolute atomic E-state index is 5.62.